The number of hydrogen-bond acceptors (Lipinski definition) is 1. The van der Waals surface area contributed by atoms with Gasteiger partial charge in [0.1, 0.15) is 5.82 Å². The van der Waals surface area contributed by atoms with Gasteiger partial charge in [-0.25, -0.2) is 4.39 Å². The molecule has 0 spiro atoms. The number of benzene rings is 2. The Kier molecular flexibility index (Phi) is 5.58. The Balaban J connectivity index is 2.42. The second kappa shape index (κ2) is 7.21. The maximum Gasteiger partial charge on any atom is 0.145 e. The summed E-state index contributed by atoms with van der Waals surface area (Å²) < 4.78 is 14.7. The van der Waals surface area contributed by atoms with E-state index in [2.05, 4.69) is 28.2 Å². The van der Waals surface area contributed by atoms with Crippen LogP contribution >= 0.6 is 27.5 Å². The highest BCUT2D eigenvalue weighted by atomic mass is 79.9. The van der Waals surface area contributed by atoms with Gasteiger partial charge in [-0.3, -0.25) is 0 Å². The molecule has 0 fully saturated rings. The largest absolute Gasteiger partial charge is 0.313 e. The van der Waals surface area contributed by atoms with Crippen LogP contribution in [0.5, 0.6) is 0 Å². The Morgan fingerprint density at radius 2 is 2.00 bits per heavy atom. The summed E-state index contributed by atoms with van der Waals surface area (Å²) >= 11 is 9.29. The standard InChI is InChI=1S/C16H16BrClFN/c1-2-8-20-10-11-9-12(18)6-7-13(11)14-4-3-5-15(17)16(14)19/h3-7,9,20H,2,8,10H2,1H3. The lowest BCUT2D eigenvalue weighted by atomic mass is 9.99. The zero-order valence-corrected chi connectivity index (χ0v) is 13.6. The fourth-order valence-corrected chi connectivity index (χ4v) is 2.64. The lowest BCUT2D eigenvalue weighted by molar-refractivity contribution is 0.624. The molecule has 0 atom stereocenters. The molecular formula is C16H16BrClFN. The summed E-state index contributed by atoms with van der Waals surface area (Å²) in [6.07, 6.45) is 1.06. The van der Waals surface area contributed by atoms with Crippen LogP contribution in [0, 0.1) is 5.82 Å². The number of nitrogens with one attached hydrogen (secondary N) is 1. The average Bonchev–Trinajstić information content (AvgIpc) is 2.43. The second-order valence-corrected chi connectivity index (χ2v) is 5.87. The first-order valence-electron chi connectivity index (χ1n) is 6.57. The van der Waals surface area contributed by atoms with Gasteiger partial charge in [-0.1, -0.05) is 36.7 Å². The van der Waals surface area contributed by atoms with Crippen LogP contribution in [0.2, 0.25) is 5.02 Å². The van der Waals surface area contributed by atoms with E-state index in [-0.39, 0.29) is 5.82 Å². The van der Waals surface area contributed by atoms with Crippen LogP contribution in [0.3, 0.4) is 0 Å². The van der Waals surface area contributed by atoms with Crippen LogP contribution in [0.1, 0.15) is 18.9 Å². The fourth-order valence-electron chi connectivity index (χ4n) is 2.08. The van der Waals surface area contributed by atoms with Crippen molar-refractivity contribution in [2.24, 2.45) is 0 Å². The highest BCUT2D eigenvalue weighted by Crippen LogP contribution is 2.31. The van der Waals surface area contributed by atoms with Crippen molar-refractivity contribution in [1.29, 1.82) is 0 Å². The molecule has 0 bridgehead atoms. The molecule has 0 heterocycles. The molecule has 20 heavy (non-hydrogen) atoms. The van der Waals surface area contributed by atoms with Crippen molar-refractivity contribution in [2.45, 2.75) is 19.9 Å². The SMILES string of the molecule is CCCNCc1cc(Cl)ccc1-c1cccc(Br)c1F. The van der Waals surface area contributed by atoms with Crippen molar-refractivity contribution in [3.05, 3.63) is 57.3 Å². The monoisotopic (exact) mass is 355 g/mol. The van der Waals surface area contributed by atoms with E-state index >= 15 is 0 Å². The Hall–Kier alpha value is -0.900. The molecule has 0 amide bonds. The first-order valence-corrected chi connectivity index (χ1v) is 7.74. The van der Waals surface area contributed by atoms with E-state index in [0.717, 1.165) is 24.1 Å². The molecule has 4 heteroatoms. The molecule has 0 aromatic heterocycles. The summed E-state index contributed by atoms with van der Waals surface area (Å²) in [5.41, 5.74) is 2.46. The minimum absolute atomic E-state index is 0.244. The van der Waals surface area contributed by atoms with E-state index in [1.54, 1.807) is 18.2 Å². The first-order chi connectivity index (χ1) is 9.63. The highest BCUT2D eigenvalue weighted by molar-refractivity contribution is 9.10. The average molecular weight is 357 g/mol. The topological polar surface area (TPSA) is 12.0 Å². The molecule has 0 saturated carbocycles. The molecule has 0 aliphatic carbocycles. The van der Waals surface area contributed by atoms with E-state index < -0.39 is 0 Å². The summed E-state index contributed by atoms with van der Waals surface area (Å²) in [6, 6.07) is 10.9. The second-order valence-electron chi connectivity index (χ2n) is 4.58. The van der Waals surface area contributed by atoms with Gasteiger partial charge in [0.25, 0.3) is 0 Å². The van der Waals surface area contributed by atoms with E-state index in [0.29, 0.717) is 21.6 Å². The van der Waals surface area contributed by atoms with E-state index in [4.69, 9.17) is 11.6 Å². The van der Waals surface area contributed by atoms with Gasteiger partial charge in [-0.2, -0.15) is 0 Å². The summed E-state index contributed by atoms with van der Waals surface area (Å²) in [5, 5.41) is 3.99. The third kappa shape index (κ3) is 3.60. The smallest absolute Gasteiger partial charge is 0.145 e. The van der Waals surface area contributed by atoms with Crippen LogP contribution in [0.4, 0.5) is 4.39 Å². The Morgan fingerprint density at radius 1 is 1.20 bits per heavy atom. The number of halogens is 3. The molecule has 106 valence electrons. The Bertz CT molecular complexity index is 601. The molecule has 2 aromatic carbocycles. The summed E-state index contributed by atoms with van der Waals surface area (Å²) in [7, 11) is 0. The molecule has 0 saturated heterocycles. The van der Waals surface area contributed by atoms with Gasteiger partial charge in [-0.05, 0) is 58.2 Å². The Labute approximate surface area is 132 Å². The summed E-state index contributed by atoms with van der Waals surface area (Å²) in [4.78, 5) is 0. The molecule has 0 unspecified atom stereocenters. The van der Waals surface area contributed by atoms with Gasteiger partial charge in [0.05, 0.1) is 4.47 Å². The molecule has 0 aliphatic heterocycles. The van der Waals surface area contributed by atoms with Crippen molar-refractivity contribution >= 4 is 27.5 Å². The molecule has 1 N–H and O–H groups in total. The van der Waals surface area contributed by atoms with Gasteiger partial charge >= 0.3 is 0 Å². The molecular weight excluding hydrogens is 341 g/mol. The zero-order chi connectivity index (χ0) is 14.5. The third-order valence-electron chi connectivity index (χ3n) is 3.05. The van der Waals surface area contributed by atoms with Gasteiger partial charge in [0.2, 0.25) is 0 Å². The predicted octanol–water partition coefficient (Wildman–Crippen LogP) is 5.41. The minimum atomic E-state index is -0.244. The van der Waals surface area contributed by atoms with Crippen LogP contribution in [-0.2, 0) is 6.54 Å². The normalized spacial score (nSPS) is 10.8. The number of hydrogen-bond donors (Lipinski definition) is 1. The van der Waals surface area contributed by atoms with Crippen molar-refractivity contribution in [2.75, 3.05) is 6.54 Å². The maximum atomic E-state index is 14.3. The lowest BCUT2D eigenvalue weighted by Gasteiger charge is -2.12. The predicted molar refractivity (Wildman–Crippen MR) is 86.5 cm³/mol. The van der Waals surface area contributed by atoms with Gasteiger partial charge in [0.15, 0.2) is 0 Å². The summed E-state index contributed by atoms with van der Waals surface area (Å²) in [6.45, 7) is 3.71. The highest BCUT2D eigenvalue weighted by Gasteiger charge is 2.12. The van der Waals surface area contributed by atoms with Crippen molar-refractivity contribution in [1.82, 2.24) is 5.32 Å². The van der Waals surface area contributed by atoms with Gasteiger partial charge < -0.3 is 5.32 Å². The summed E-state index contributed by atoms with van der Waals surface area (Å²) in [5.74, 6) is -0.244. The lowest BCUT2D eigenvalue weighted by Crippen LogP contribution is -2.14. The molecule has 0 aliphatic rings. The van der Waals surface area contributed by atoms with Gasteiger partial charge in [-0.15, -0.1) is 0 Å². The minimum Gasteiger partial charge on any atom is -0.313 e. The molecule has 2 aromatic rings. The van der Waals surface area contributed by atoms with Crippen LogP contribution in [0.25, 0.3) is 11.1 Å². The van der Waals surface area contributed by atoms with Crippen LogP contribution in [-0.4, -0.2) is 6.54 Å². The van der Waals surface area contributed by atoms with Crippen molar-refractivity contribution < 1.29 is 4.39 Å². The van der Waals surface area contributed by atoms with Crippen molar-refractivity contribution in [3.63, 3.8) is 0 Å². The zero-order valence-electron chi connectivity index (χ0n) is 11.2. The van der Waals surface area contributed by atoms with Crippen LogP contribution < -0.4 is 5.32 Å². The van der Waals surface area contributed by atoms with Gasteiger partial charge in [0, 0.05) is 17.1 Å². The fraction of sp³-hybridized carbons (Fsp3) is 0.250. The number of rotatable bonds is 5. The van der Waals surface area contributed by atoms with E-state index in [9.17, 15) is 4.39 Å². The quantitative estimate of drug-likeness (QED) is 0.706. The first kappa shape index (κ1) is 15.5. The van der Waals surface area contributed by atoms with Crippen molar-refractivity contribution in [3.8, 4) is 11.1 Å². The molecule has 2 rings (SSSR count). The van der Waals surface area contributed by atoms with E-state index in [1.807, 2.05) is 18.2 Å². The molecule has 1 nitrogen and oxygen atoms in total. The maximum absolute atomic E-state index is 14.3. The van der Waals surface area contributed by atoms with E-state index in [1.165, 1.54) is 0 Å². The van der Waals surface area contributed by atoms with Crippen LogP contribution in [0.15, 0.2) is 40.9 Å². The molecule has 0 radical (unpaired) electrons. The third-order valence-corrected chi connectivity index (χ3v) is 3.90. The Morgan fingerprint density at radius 3 is 2.75 bits per heavy atom.